The minimum atomic E-state index is -4.79. The molecule has 1 aromatic heterocycles. The fourth-order valence-electron chi connectivity index (χ4n) is 2.17. The van der Waals surface area contributed by atoms with Crippen molar-refractivity contribution in [3.8, 4) is 5.75 Å². The number of aromatic nitrogens is 1. The van der Waals surface area contributed by atoms with Gasteiger partial charge in [-0.05, 0) is 24.5 Å². The Morgan fingerprint density at radius 1 is 1.38 bits per heavy atom. The second-order valence-corrected chi connectivity index (χ2v) is 5.81. The van der Waals surface area contributed by atoms with Crippen LogP contribution in [0.1, 0.15) is 21.6 Å². The number of alkyl halides is 3. The Kier molecular flexibility index (Phi) is 5.33. The van der Waals surface area contributed by atoms with Crippen molar-refractivity contribution >= 4 is 22.4 Å². The first kappa shape index (κ1) is 18.1. The molecule has 1 heterocycles. The highest BCUT2D eigenvalue weighted by Crippen LogP contribution is 2.29. The maximum Gasteiger partial charge on any atom is 0.573 e. The van der Waals surface area contributed by atoms with Gasteiger partial charge in [0.2, 0.25) is 0 Å². The van der Waals surface area contributed by atoms with Crippen LogP contribution in [0.5, 0.6) is 5.75 Å². The predicted molar refractivity (Wildman–Crippen MR) is 85.3 cm³/mol. The quantitative estimate of drug-likeness (QED) is 0.885. The first-order valence-electron chi connectivity index (χ1n) is 6.96. The average Bonchev–Trinajstić information content (AvgIpc) is 2.87. The molecule has 1 amide bonds. The third kappa shape index (κ3) is 4.16. The second kappa shape index (κ2) is 7.08. The number of nitrogens with one attached hydrogen (secondary N) is 1. The number of carbonyl (C=O) groups excluding carboxylic acids is 1. The number of ether oxygens (including phenoxy) is 1. The lowest BCUT2D eigenvalue weighted by atomic mass is 10.1. The van der Waals surface area contributed by atoms with E-state index in [4.69, 9.17) is 0 Å². The fourth-order valence-corrected chi connectivity index (χ4v) is 2.91. The van der Waals surface area contributed by atoms with E-state index in [-0.39, 0.29) is 23.8 Å². The van der Waals surface area contributed by atoms with Crippen molar-refractivity contribution in [2.24, 2.45) is 0 Å². The Labute approximate surface area is 141 Å². The van der Waals surface area contributed by atoms with E-state index in [2.05, 4.69) is 14.4 Å². The summed E-state index contributed by atoms with van der Waals surface area (Å²) < 4.78 is 45.6. The van der Waals surface area contributed by atoms with Crippen molar-refractivity contribution in [2.45, 2.75) is 19.8 Å². The van der Waals surface area contributed by atoms with Gasteiger partial charge in [-0.1, -0.05) is 18.2 Å². The van der Waals surface area contributed by atoms with Crippen LogP contribution in [-0.2, 0) is 6.54 Å². The summed E-state index contributed by atoms with van der Waals surface area (Å²) in [5, 5.41) is 3.51. The van der Waals surface area contributed by atoms with Crippen molar-refractivity contribution in [2.75, 3.05) is 19.4 Å². The molecule has 0 aliphatic heterocycles. The van der Waals surface area contributed by atoms with Crippen LogP contribution in [-0.4, -0.2) is 35.6 Å². The van der Waals surface area contributed by atoms with Crippen LogP contribution >= 0.6 is 11.5 Å². The summed E-state index contributed by atoms with van der Waals surface area (Å²) in [6.45, 7) is 1.68. The number of halogens is 3. The molecule has 0 fully saturated rings. The van der Waals surface area contributed by atoms with Crippen LogP contribution in [0, 0.1) is 6.92 Å². The third-order valence-corrected chi connectivity index (χ3v) is 4.21. The van der Waals surface area contributed by atoms with Gasteiger partial charge in [-0.3, -0.25) is 4.79 Å². The van der Waals surface area contributed by atoms with E-state index in [9.17, 15) is 18.0 Å². The Hall–Kier alpha value is -2.29. The molecule has 5 nitrogen and oxygen atoms in total. The van der Waals surface area contributed by atoms with Crippen LogP contribution in [0.2, 0.25) is 0 Å². The van der Waals surface area contributed by atoms with Crippen molar-refractivity contribution in [1.29, 1.82) is 0 Å². The summed E-state index contributed by atoms with van der Waals surface area (Å²) in [4.78, 5) is 13.9. The second-order valence-electron chi connectivity index (χ2n) is 5.04. The number of benzene rings is 1. The number of carbonyl (C=O) groups is 1. The van der Waals surface area contributed by atoms with Crippen molar-refractivity contribution in [3.63, 3.8) is 0 Å². The highest BCUT2D eigenvalue weighted by molar-refractivity contribution is 7.10. The fraction of sp³-hybridized carbons (Fsp3) is 0.333. The summed E-state index contributed by atoms with van der Waals surface area (Å²) in [7, 11) is 3.19. The molecule has 2 aromatic rings. The molecule has 2 rings (SSSR count). The Morgan fingerprint density at radius 2 is 2.04 bits per heavy atom. The van der Waals surface area contributed by atoms with Crippen LogP contribution in [0.4, 0.5) is 18.2 Å². The third-order valence-electron chi connectivity index (χ3n) is 3.26. The van der Waals surface area contributed by atoms with Gasteiger partial charge in [0.15, 0.2) is 0 Å². The standard InChI is InChI=1S/C15H16F3N3O2S/c1-9-12(13(19-2)24-20-9)14(22)21(3)8-10-6-4-5-7-11(10)23-15(16,17)18/h4-7,19H,8H2,1-3H3. The highest BCUT2D eigenvalue weighted by atomic mass is 32.1. The molecule has 0 saturated carbocycles. The lowest BCUT2D eigenvalue weighted by Crippen LogP contribution is -2.28. The molecule has 0 aliphatic rings. The van der Waals surface area contributed by atoms with E-state index in [1.807, 2.05) is 0 Å². The summed E-state index contributed by atoms with van der Waals surface area (Å²) >= 11 is 1.16. The number of aryl methyl sites for hydroxylation is 1. The largest absolute Gasteiger partial charge is 0.573 e. The number of anilines is 1. The number of hydrogen-bond acceptors (Lipinski definition) is 5. The zero-order valence-electron chi connectivity index (χ0n) is 13.3. The first-order chi connectivity index (χ1) is 11.2. The minimum absolute atomic E-state index is 0.0243. The summed E-state index contributed by atoms with van der Waals surface area (Å²) in [5.41, 5.74) is 1.25. The highest BCUT2D eigenvalue weighted by Gasteiger charge is 2.32. The SMILES string of the molecule is CNc1snc(C)c1C(=O)N(C)Cc1ccccc1OC(F)(F)F. The zero-order valence-corrected chi connectivity index (χ0v) is 14.1. The molecular weight excluding hydrogens is 343 g/mol. The molecule has 0 bridgehead atoms. The van der Waals surface area contributed by atoms with E-state index >= 15 is 0 Å². The van der Waals surface area contributed by atoms with Gasteiger partial charge < -0.3 is 15.0 Å². The van der Waals surface area contributed by atoms with Gasteiger partial charge in [-0.25, -0.2) is 0 Å². The average molecular weight is 359 g/mol. The molecule has 24 heavy (non-hydrogen) atoms. The maximum atomic E-state index is 12.6. The summed E-state index contributed by atoms with van der Waals surface area (Å²) in [6.07, 6.45) is -4.79. The maximum absolute atomic E-state index is 12.6. The molecule has 0 unspecified atom stereocenters. The predicted octanol–water partition coefficient (Wildman–Crippen LogP) is 3.66. The topological polar surface area (TPSA) is 54.5 Å². The Bertz CT molecular complexity index is 731. The van der Waals surface area contributed by atoms with Gasteiger partial charge in [0.05, 0.1) is 11.3 Å². The van der Waals surface area contributed by atoms with Crippen LogP contribution in [0.15, 0.2) is 24.3 Å². The van der Waals surface area contributed by atoms with Crippen molar-refractivity contribution in [3.05, 3.63) is 41.1 Å². The van der Waals surface area contributed by atoms with Crippen LogP contribution in [0.25, 0.3) is 0 Å². The number of para-hydroxylation sites is 1. The van der Waals surface area contributed by atoms with E-state index in [0.29, 0.717) is 16.3 Å². The number of nitrogens with zero attached hydrogens (tertiary/aromatic N) is 2. The minimum Gasteiger partial charge on any atom is -0.405 e. The van der Waals surface area contributed by atoms with Gasteiger partial charge in [-0.2, -0.15) is 4.37 Å². The van der Waals surface area contributed by atoms with E-state index < -0.39 is 6.36 Å². The molecule has 0 spiro atoms. The molecule has 0 atom stereocenters. The van der Waals surface area contributed by atoms with E-state index in [0.717, 1.165) is 11.5 Å². The van der Waals surface area contributed by atoms with Gasteiger partial charge in [0.25, 0.3) is 5.91 Å². The molecule has 0 radical (unpaired) electrons. The Morgan fingerprint density at radius 3 is 2.67 bits per heavy atom. The number of hydrogen-bond donors (Lipinski definition) is 1. The normalized spacial score (nSPS) is 11.2. The van der Waals surface area contributed by atoms with Crippen molar-refractivity contribution in [1.82, 2.24) is 9.27 Å². The smallest absolute Gasteiger partial charge is 0.405 e. The molecular formula is C15H16F3N3O2S. The van der Waals surface area contributed by atoms with Crippen LogP contribution < -0.4 is 10.1 Å². The molecule has 130 valence electrons. The van der Waals surface area contributed by atoms with E-state index in [1.54, 1.807) is 20.0 Å². The summed E-state index contributed by atoms with van der Waals surface area (Å²) in [6, 6.07) is 5.74. The van der Waals surface area contributed by atoms with E-state index in [1.165, 1.54) is 30.1 Å². The lowest BCUT2D eigenvalue weighted by molar-refractivity contribution is -0.274. The van der Waals surface area contributed by atoms with Gasteiger partial charge >= 0.3 is 6.36 Å². The molecule has 1 N–H and O–H groups in total. The summed E-state index contributed by atoms with van der Waals surface area (Å²) in [5.74, 6) is -0.647. The first-order valence-corrected chi connectivity index (χ1v) is 7.73. The molecule has 0 saturated heterocycles. The van der Waals surface area contributed by atoms with Gasteiger partial charge in [0, 0.05) is 26.2 Å². The van der Waals surface area contributed by atoms with Gasteiger partial charge in [0.1, 0.15) is 10.8 Å². The Balaban J connectivity index is 2.22. The lowest BCUT2D eigenvalue weighted by Gasteiger charge is -2.20. The van der Waals surface area contributed by atoms with Gasteiger partial charge in [-0.15, -0.1) is 13.2 Å². The monoisotopic (exact) mass is 359 g/mol. The van der Waals surface area contributed by atoms with Crippen molar-refractivity contribution < 1.29 is 22.7 Å². The molecule has 0 aliphatic carbocycles. The van der Waals surface area contributed by atoms with Crippen LogP contribution in [0.3, 0.4) is 0 Å². The number of rotatable bonds is 5. The molecule has 1 aromatic carbocycles. The zero-order chi connectivity index (χ0) is 17.9. The number of amides is 1. The molecule has 9 heteroatoms.